The van der Waals surface area contributed by atoms with Crippen LogP contribution in [-0.2, 0) is 4.79 Å². The number of likely N-dealkylation sites (tertiary alicyclic amines) is 1. The molecule has 4 nitrogen and oxygen atoms in total. The number of rotatable bonds is 3. The van der Waals surface area contributed by atoms with Crippen molar-refractivity contribution in [3.05, 3.63) is 35.4 Å². The molecule has 1 heterocycles. The Morgan fingerprint density at radius 1 is 1.39 bits per heavy atom. The van der Waals surface area contributed by atoms with Crippen LogP contribution in [0.3, 0.4) is 0 Å². The first kappa shape index (κ1) is 12.6. The number of nitrogens with zero attached hydrogens (tertiary/aromatic N) is 1. The summed E-state index contributed by atoms with van der Waals surface area (Å²) in [6.45, 7) is 3.28. The Hall–Kier alpha value is -1.84. The lowest BCUT2D eigenvalue weighted by Gasteiger charge is -2.11. The second-order valence-electron chi connectivity index (χ2n) is 4.92. The number of nitrogens with one attached hydrogen (secondary N) is 1. The summed E-state index contributed by atoms with van der Waals surface area (Å²) in [7, 11) is 1.80. The van der Waals surface area contributed by atoms with Gasteiger partial charge in [-0.2, -0.15) is 0 Å². The fourth-order valence-corrected chi connectivity index (χ4v) is 2.14. The molecule has 0 bridgehead atoms. The van der Waals surface area contributed by atoms with Crippen molar-refractivity contribution in [3.8, 4) is 0 Å². The monoisotopic (exact) mass is 246 g/mol. The maximum Gasteiger partial charge on any atom is 0.251 e. The van der Waals surface area contributed by atoms with Gasteiger partial charge >= 0.3 is 0 Å². The van der Waals surface area contributed by atoms with Crippen LogP contribution in [0.1, 0.15) is 22.3 Å². The van der Waals surface area contributed by atoms with Crippen LogP contribution in [0, 0.1) is 12.8 Å². The molecule has 1 saturated heterocycles. The minimum Gasteiger partial charge on any atom is -0.352 e. The van der Waals surface area contributed by atoms with Crippen LogP contribution in [0.4, 0.5) is 0 Å². The maximum atomic E-state index is 11.9. The van der Waals surface area contributed by atoms with Gasteiger partial charge in [0.15, 0.2) is 0 Å². The highest BCUT2D eigenvalue weighted by atomic mass is 16.2. The van der Waals surface area contributed by atoms with Gasteiger partial charge in [0.2, 0.25) is 5.91 Å². The molecule has 1 aromatic rings. The number of amides is 2. The SMILES string of the molecule is Cc1ccc(C(=O)NCC2CC(=O)N(C)C2)cc1. The van der Waals surface area contributed by atoms with E-state index in [0.29, 0.717) is 18.5 Å². The minimum atomic E-state index is -0.0722. The van der Waals surface area contributed by atoms with Crippen molar-refractivity contribution in [1.29, 1.82) is 0 Å². The fourth-order valence-electron chi connectivity index (χ4n) is 2.14. The average Bonchev–Trinajstić information content (AvgIpc) is 2.67. The van der Waals surface area contributed by atoms with Crippen molar-refractivity contribution in [3.63, 3.8) is 0 Å². The first-order chi connectivity index (χ1) is 8.56. The predicted octanol–water partition coefficient (Wildman–Crippen LogP) is 1.20. The Balaban J connectivity index is 1.85. The summed E-state index contributed by atoms with van der Waals surface area (Å²) in [6.07, 6.45) is 0.532. The van der Waals surface area contributed by atoms with Crippen molar-refractivity contribution in [1.82, 2.24) is 10.2 Å². The molecular weight excluding hydrogens is 228 g/mol. The summed E-state index contributed by atoms with van der Waals surface area (Å²) in [5.74, 6) is 0.318. The van der Waals surface area contributed by atoms with Crippen molar-refractivity contribution in [2.45, 2.75) is 13.3 Å². The highest BCUT2D eigenvalue weighted by Gasteiger charge is 2.26. The largest absolute Gasteiger partial charge is 0.352 e. The Kier molecular flexibility index (Phi) is 3.65. The van der Waals surface area contributed by atoms with E-state index >= 15 is 0 Å². The maximum absolute atomic E-state index is 11.9. The first-order valence-electron chi connectivity index (χ1n) is 6.15. The zero-order valence-electron chi connectivity index (χ0n) is 10.8. The molecule has 0 aliphatic carbocycles. The summed E-state index contributed by atoms with van der Waals surface area (Å²) in [4.78, 5) is 24.9. The summed E-state index contributed by atoms with van der Waals surface area (Å²) in [5.41, 5.74) is 1.80. The van der Waals surface area contributed by atoms with Crippen LogP contribution in [-0.4, -0.2) is 36.9 Å². The van der Waals surface area contributed by atoms with Crippen molar-refractivity contribution < 1.29 is 9.59 Å². The molecule has 0 radical (unpaired) electrons. The molecule has 1 fully saturated rings. The molecule has 0 aromatic heterocycles. The predicted molar refractivity (Wildman–Crippen MR) is 69.3 cm³/mol. The van der Waals surface area contributed by atoms with Gasteiger partial charge in [-0.25, -0.2) is 0 Å². The zero-order chi connectivity index (χ0) is 13.1. The molecule has 1 atom stereocenters. The van der Waals surface area contributed by atoms with E-state index in [1.54, 1.807) is 11.9 Å². The molecule has 0 saturated carbocycles. The standard InChI is InChI=1S/C14H18N2O2/c1-10-3-5-12(6-4-10)14(18)15-8-11-7-13(17)16(2)9-11/h3-6,11H,7-9H2,1-2H3,(H,15,18). The normalized spacial score (nSPS) is 19.1. The van der Waals surface area contributed by atoms with Gasteiger partial charge in [-0.15, -0.1) is 0 Å². The van der Waals surface area contributed by atoms with E-state index in [4.69, 9.17) is 0 Å². The Labute approximate surface area is 107 Å². The van der Waals surface area contributed by atoms with Gasteiger partial charge in [-0.1, -0.05) is 17.7 Å². The molecule has 2 rings (SSSR count). The van der Waals surface area contributed by atoms with Gasteiger partial charge in [-0.3, -0.25) is 9.59 Å². The van der Waals surface area contributed by atoms with Crippen LogP contribution in [0.2, 0.25) is 0 Å². The fraction of sp³-hybridized carbons (Fsp3) is 0.429. The van der Waals surface area contributed by atoms with E-state index in [-0.39, 0.29) is 17.7 Å². The van der Waals surface area contributed by atoms with Gasteiger partial charge in [0.25, 0.3) is 5.91 Å². The number of carbonyl (C=O) groups is 2. The minimum absolute atomic E-state index is 0.0722. The lowest BCUT2D eigenvalue weighted by molar-refractivity contribution is -0.126. The van der Waals surface area contributed by atoms with Crippen LogP contribution in [0.5, 0.6) is 0 Å². The number of benzene rings is 1. The van der Waals surface area contributed by atoms with Crippen LogP contribution in [0.15, 0.2) is 24.3 Å². The second-order valence-corrected chi connectivity index (χ2v) is 4.92. The van der Waals surface area contributed by atoms with Gasteiger partial charge in [-0.05, 0) is 19.1 Å². The van der Waals surface area contributed by atoms with E-state index < -0.39 is 0 Å². The van der Waals surface area contributed by atoms with Gasteiger partial charge in [0.1, 0.15) is 0 Å². The lowest BCUT2D eigenvalue weighted by atomic mass is 10.1. The van der Waals surface area contributed by atoms with Crippen LogP contribution in [0.25, 0.3) is 0 Å². The number of carbonyl (C=O) groups excluding carboxylic acids is 2. The molecule has 4 heteroatoms. The molecular formula is C14H18N2O2. The summed E-state index contributed by atoms with van der Waals surface area (Å²) in [5, 5.41) is 2.88. The number of hydrogen-bond donors (Lipinski definition) is 1. The smallest absolute Gasteiger partial charge is 0.251 e. The van der Waals surface area contributed by atoms with E-state index in [9.17, 15) is 9.59 Å². The Morgan fingerprint density at radius 2 is 2.06 bits per heavy atom. The zero-order valence-corrected chi connectivity index (χ0v) is 10.8. The third kappa shape index (κ3) is 2.88. The molecule has 0 spiro atoms. The highest BCUT2D eigenvalue weighted by Crippen LogP contribution is 2.14. The molecule has 1 N–H and O–H groups in total. The third-order valence-electron chi connectivity index (χ3n) is 3.29. The van der Waals surface area contributed by atoms with E-state index in [2.05, 4.69) is 5.32 Å². The van der Waals surface area contributed by atoms with E-state index in [0.717, 1.165) is 12.1 Å². The van der Waals surface area contributed by atoms with E-state index in [1.807, 2.05) is 31.2 Å². The molecule has 1 unspecified atom stereocenters. The molecule has 1 aliphatic heterocycles. The average molecular weight is 246 g/mol. The van der Waals surface area contributed by atoms with Crippen LogP contribution < -0.4 is 5.32 Å². The number of hydrogen-bond acceptors (Lipinski definition) is 2. The topological polar surface area (TPSA) is 49.4 Å². The Morgan fingerprint density at radius 3 is 2.61 bits per heavy atom. The molecule has 1 aliphatic rings. The summed E-state index contributed by atoms with van der Waals surface area (Å²) < 4.78 is 0. The quantitative estimate of drug-likeness (QED) is 0.871. The lowest BCUT2D eigenvalue weighted by Crippen LogP contribution is -2.30. The molecule has 18 heavy (non-hydrogen) atoms. The second kappa shape index (κ2) is 5.21. The molecule has 1 aromatic carbocycles. The van der Waals surface area contributed by atoms with Gasteiger partial charge in [0, 0.05) is 38.0 Å². The summed E-state index contributed by atoms with van der Waals surface area (Å²) in [6, 6.07) is 7.47. The Bertz CT molecular complexity index is 453. The van der Waals surface area contributed by atoms with Gasteiger partial charge < -0.3 is 10.2 Å². The van der Waals surface area contributed by atoms with Gasteiger partial charge in [0.05, 0.1) is 0 Å². The third-order valence-corrected chi connectivity index (χ3v) is 3.29. The summed E-state index contributed by atoms with van der Waals surface area (Å²) >= 11 is 0. The van der Waals surface area contributed by atoms with E-state index in [1.165, 1.54) is 0 Å². The molecule has 96 valence electrons. The highest BCUT2D eigenvalue weighted by molar-refractivity contribution is 5.94. The van der Waals surface area contributed by atoms with Crippen LogP contribution >= 0.6 is 0 Å². The number of aryl methyl sites for hydroxylation is 1. The molecule has 2 amide bonds. The van der Waals surface area contributed by atoms with Crippen molar-refractivity contribution in [2.24, 2.45) is 5.92 Å². The van der Waals surface area contributed by atoms with Crippen molar-refractivity contribution in [2.75, 3.05) is 20.1 Å². The van der Waals surface area contributed by atoms with Crippen molar-refractivity contribution >= 4 is 11.8 Å². The first-order valence-corrected chi connectivity index (χ1v) is 6.15.